The molecule has 0 aromatic carbocycles. The number of hydrogen-bond donors (Lipinski definition) is 3. The highest BCUT2D eigenvalue weighted by Crippen LogP contribution is 2.35. The first-order valence-corrected chi connectivity index (χ1v) is 5.59. The summed E-state index contributed by atoms with van der Waals surface area (Å²) in [6, 6.07) is 0. The minimum Gasteiger partial charge on any atom is -0.393 e. The third kappa shape index (κ3) is 2.89. The Morgan fingerprint density at radius 3 is 3.00 bits per heavy atom. The van der Waals surface area contributed by atoms with Crippen molar-refractivity contribution in [1.82, 2.24) is 9.97 Å². The van der Waals surface area contributed by atoms with E-state index in [9.17, 15) is 9.18 Å². The molecule has 0 amide bonds. The topological polar surface area (TPSA) is 101 Å². The van der Waals surface area contributed by atoms with E-state index in [1.807, 2.05) is 0 Å². The van der Waals surface area contributed by atoms with Gasteiger partial charge in [-0.25, -0.2) is 9.18 Å². The third-order valence-electron chi connectivity index (χ3n) is 2.15. The fraction of sp³-hybridized carbons (Fsp3) is 0.500. The average Bonchev–Trinajstić information content (AvgIpc) is 2.71. The summed E-state index contributed by atoms with van der Waals surface area (Å²) in [4.78, 5) is 16.5. The number of H-pyrrole nitrogens is 1. The van der Waals surface area contributed by atoms with Gasteiger partial charge >= 0.3 is 5.69 Å². The number of nitrogen functional groups attached to an aromatic ring is 1. The molecular weight excluding hydrogens is 273 g/mol. The predicted octanol–water partition coefficient (Wildman–Crippen LogP) is 0.0359. The summed E-state index contributed by atoms with van der Waals surface area (Å²) >= 11 is 1.34. The second-order valence-corrected chi connectivity index (χ2v) is 4.42. The summed E-state index contributed by atoms with van der Waals surface area (Å²) in [5.74, 6) is -0.773. The minimum absolute atomic E-state index is 0. The number of nitrogens with two attached hydrogens (primary N) is 1. The molecule has 0 unspecified atom stereocenters. The van der Waals surface area contributed by atoms with Crippen molar-refractivity contribution in [2.45, 2.75) is 11.5 Å². The van der Waals surface area contributed by atoms with Crippen LogP contribution in [0, 0.1) is 5.82 Å². The van der Waals surface area contributed by atoms with Crippen LogP contribution in [0.3, 0.4) is 0 Å². The molecule has 0 saturated carbocycles. The summed E-state index contributed by atoms with van der Waals surface area (Å²) in [7, 11) is 0. The Labute approximate surface area is 106 Å². The fourth-order valence-corrected chi connectivity index (χ4v) is 2.37. The summed E-state index contributed by atoms with van der Waals surface area (Å²) in [5, 5.41) is 8.86. The van der Waals surface area contributed by atoms with Crippen molar-refractivity contribution in [3.8, 4) is 0 Å². The highest BCUT2D eigenvalue weighted by molar-refractivity contribution is 8.00. The lowest BCUT2D eigenvalue weighted by Crippen LogP contribution is -2.21. The van der Waals surface area contributed by atoms with Crippen molar-refractivity contribution in [2.75, 3.05) is 18.1 Å². The molecule has 96 valence electrons. The van der Waals surface area contributed by atoms with Gasteiger partial charge in [0.2, 0.25) is 0 Å². The van der Waals surface area contributed by atoms with Crippen LogP contribution in [0.4, 0.5) is 10.2 Å². The number of halogens is 2. The Balaban J connectivity index is 0.00000144. The molecule has 2 heterocycles. The van der Waals surface area contributed by atoms with Crippen molar-refractivity contribution in [3.05, 3.63) is 22.0 Å². The van der Waals surface area contributed by atoms with Crippen molar-refractivity contribution in [3.63, 3.8) is 0 Å². The summed E-state index contributed by atoms with van der Waals surface area (Å²) in [6.45, 7) is -0.159. The Bertz CT molecular complexity index is 458. The number of ether oxygens (including phenoxy) is 1. The van der Waals surface area contributed by atoms with Crippen LogP contribution in [0.2, 0.25) is 0 Å². The Kier molecular flexibility index (Phi) is 4.75. The van der Waals surface area contributed by atoms with Gasteiger partial charge < -0.3 is 20.6 Å². The van der Waals surface area contributed by atoms with Gasteiger partial charge in [0.1, 0.15) is 11.5 Å². The molecule has 0 bridgehead atoms. The van der Waals surface area contributed by atoms with Gasteiger partial charge in [0.05, 0.1) is 12.3 Å². The summed E-state index contributed by atoms with van der Waals surface area (Å²) in [5.41, 5.74) is 4.11. The molecule has 1 aromatic heterocycles. The summed E-state index contributed by atoms with van der Waals surface area (Å²) in [6.07, 6.45) is -0.611. The maximum atomic E-state index is 13.6. The van der Waals surface area contributed by atoms with Gasteiger partial charge in [0, 0.05) is 5.75 Å². The number of hydrogen-bond acceptors (Lipinski definition) is 6. The van der Waals surface area contributed by atoms with Crippen LogP contribution in [-0.2, 0) is 4.74 Å². The first kappa shape index (κ1) is 14.2. The normalized spacial score (nSPS) is 23.4. The van der Waals surface area contributed by atoms with Crippen LogP contribution in [0.5, 0.6) is 0 Å². The highest BCUT2D eigenvalue weighted by atomic mass is 35.5. The summed E-state index contributed by atoms with van der Waals surface area (Å²) < 4.78 is 18.9. The van der Waals surface area contributed by atoms with Crippen molar-refractivity contribution in [1.29, 1.82) is 0 Å². The lowest BCUT2D eigenvalue weighted by atomic mass is 10.2. The van der Waals surface area contributed by atoms with Gasteiger partial charge in [0.25, 0.3) is 0 Å². The number of aliphatic hydroxyl groups is 1. The number of anilines is 1. The van der Waals surface area contributed by atoms with E-state index in [1.165, 1.54) is 11.8 Å². The molecule has 2 rings (SSSR count). The molecule has 6 nitrogen and oxygen atoms in total. The van der Waals surface area contributed by atoms with Crippen LogP contribution >= 0.6 is 24.2 Å². The molecule has 1 saturated heterocycles. The molecule has 0 spiro atoms. The van der Waals surface area contributed by atoms with E-state index in [0.717, 1.165) is 0 Å². The molecule has 9 heteroatoms. The third-order valence-corrected chi connectivity index (χ3v) is 3.27. The molecule has 0 aliphatic carbocycles. The van der Waals surface area contributed by atoms with Crippen LogP contribution < -0.4 is 11.4 Å². The molecule has 0 radical (unpaired) electrons. The van der Waals surface area contributed by atoms with Gasteiger partial charge in [-0.05, 0) is 0 Å². The fourth-order valence-electron chi connectivity index (χ4n) is 1.42. The SMILES string of the molecule is Cl.Nc1nc(=O)[nH]c([C@@H]2CS[C@H](CO)O2)c1F. The lowest BCUT2D eigenvalue weighted by Gasteiger charge is -2.11. The number of nitrogens with one attached hydrogen (secondary N) is 1. The van der Waals surface area contributed by atoms with Gasteiger partial charge in [-0.2, -0.15) is 4.98 Å². The van der Waals surface area contributed by atoms with E-state index in [0.29, 0.717) is 5.75 Å². The zero-order valence-electron chi connectivity index (χ0n) is 8.55. The van der Waals surface area contributed by atoms with Crippen LogP contribution in [-0.4, -0.2) is 32.9 Å². The first-order valence-electron chi connectivity index (χ1n) is 4.55. The quantitative estimate of drug-likeness (QED) is 0.708. The highest BCUT2D eigenvalue weighted by Gasteiger charge is 2.30. The minimum atomic E-state index is -0.774. The monoisotopic (exact) mass is 283 g/mol. The van der Waals surface area contributed by atoms with Crippen molar-refractivity contribution >= 4 is 30.0 Å². The van der Waals surface area contributed by atoms with E-state index in [4.69, 9.17) is 15.6 Å². The van der Waals surface area contributed by atoms with E-state index in [2.05, 4.69) is 9.97 Å². The molecular formula is C8H11ClFN3O3S. The van der Waals surface area contributed by atoms with Crippen LogP contribution in [0.25, 0.3) is 0 Å². The Morgan fingerprint density at radius 1 is 1.71 bits per heavy atom. The number of nitrogens with zero attached hydrogens (tertiary/aromatic N) is 1. The Hall–Kier alpha value is -0.830. The zero-order valence-corrected chi connectivity index (χ0v) is 10.2. The largest absolute Gasteiger partial charge is 0.393 e. The number of thioether (sulfide) groups is 1. The van der Waals surface area contributed by atoms with E-state index in [1.54, 1.807) is 0 Å². The van der Waals surface area contributed by atoms with Gasteiger partial charge in [-0.3, -0.25) is 0 Å². The average molecular weight is 284 g/mol. The maximum Gasteiger partial charge on any atom is 0.347 e. The maximum absolute atomic E-state index is 13.6. The van der Waals surface area contributed by atoms with Crippen LogP contribution in [0.15, 0.2) is 4.79 Å². The number of aliphatic hydroxyl groups excluding tert-OH is 1. The molecule has 4 N–H and O–H groups in total. The molecule has 1 aliphatic rings. The smallest absolute Gasteiger partial charge is 0.347 e. The van der Waals surface area contributed by atoms with E-state index < -0.39 is 28.9 Å². The second kappa shape index (κ2) is 5.67. The molecule has 1 aliphatic heterocycles. The van der Waals surface area contributed by atoms with Gasteiger partial charge in [0.15, 0.2) is 11.6 Å². The van der Waals surface area contributed by atoms with E-state index in [-0.39, 0.29) is 24.7 Å². The lowest BCUT2D eigenvalue weighted by molar-refractivity contribution is 0.0303. The second-order valence-electron chi connectivity index (χ2n) is 3.23. The predicted molar refractivity (Wildman–Crippen MR) is 63.6 cm³/mol. The molecule has 1 aromatic rings. The number of rotatable bonds is 2. The zero-order chi connectivity index (χ0) is 11.7. The van der Waals surface area contributed by atoms with E-state index >= 15 is 0 Å². The molecule has 17 heavy (non-hydrogen) atoms. The molecule has 2 atom stereocenters. The molecule has 1 fully saturated rings. The number of aromatic nitrogens is 2. The standard InChI is InChI=1S/C8H10FN3O3S.ClH/c9-5-6(11-8(14)12-7(5)10)3-2-16-4(1-13)15-3;/h3-4,13H,1-2H2,(H3,10,11,12,14);1H/t3-,4+;/m0./s1. The first-order chi connectivity index (χ1) is 7.61. The Morgan fingerprint density at radius 2 is 2.41 bits per heavy atom. The van der Waals surface area contributed by atoms with Crippen molar-refractivity contribution in [2.24, 2.45) is 0 Å². The van der Waals surface area contributed by atoms with Gasteiger partial charge in [-0.15, -0.1) is 24.2 Å². The van der Waals surface area contributed by atoms with Gasteiger partial charge in [-0.1, -0.05) is 0 Å². The van der Waals surface area contributed by atoms with Crippen molar-refractivity contribution < 1.29 is 14.2 Å². The van der Waals surface area contributed by atoms with Crippen LogP contribution in [0.1, 0.15) is 11.8 Å². The number of aromatic amines is 1.